The topological polar surface area (TPSA) is 70.6 Å². The highest BCUT2D eigenvalue weighted by atomic mass is 19.1. The summed E-state index contributed by atoms with van der Waals surface area (Å²) in [5.41, 5.74) is 0.894. The van der Waals surface area contributed by atoms with Crippen molar-refractivity contribution in [1.82, 2.24) is 14.9 Å². The van der Waals surface area contributed by atoms with Gasteiger partial charge in [-0.2, -0.15) is 0 Å². The predicted octanol–water partition coefficient (Wildman–Crippen LogP) is 2.03. The van der Waals surface area contributed by atoms with Crippen molar-refractivity contribution in [2.45, 2.75) is 6.42 Å². The van der Waals surface area contributed by atoms with E-state index in [9.17, 15) is 9.18 Å². The van der Waals surface area contributed by atoms with E-state index in [1.165, 1.54) is 12.3 Å². The van der Waals surface area contributed by atoms with Gasteiger partial charge in [-0.05, 0) is 18.6 Å². The summed E-state index contributed by atoms with van der Waals surface area (Å²) in [6.45, 7) is 3.61. The second kappa shape index (κ2) is 9.27. The fourth-order valence-corrected chi connectivity index (χ4v) is 2.98. The largest absolute Gasteiger partial charge is 0.385 e. The normalized spacial score (nSPS) is 14.3. The quantitative estimate of drug-likeness (QED) is 0.749. The minimum atomic E-state index is -0.239. The molecule has 1 fully saturated rings. The van der Waals surface area contributed by atoms with Crippen LogP contribution in [0.4, 0.5) is 15.9 Å². The van der Waals surface area contributed by atoms with Gasteiger partial charge in [-0.25, -0.2) is 14.4 Å². The first-order valence-corrected chi connectivity index (χ1v) is 9.02. The number of para-hydroxylation sites is 1. The molecule has 1 aromatic heterocycles. The highest BCUT2D eigenvalue weighted by Gasteiger charge is 2.24. The zero-order chi connectivity index (χ0) is 19.1. The molecule has 7 nitrogen and oxygen atoms in total. The second-order valence-corrected chi connectivity index (χ2v) is 6.29. The lowest BCUT2D eigenvalue weighted by molar-refractivity contribution is 0.0740. The van der Waals surface area contributed by atoms with Gasteiger partial charge in [-0.15, -0.1) is 0 Å². The SMILES string of the molecule is COCCCNc1cnc(C(=O)N2CCN(c3ccccc3F)CC2)cn1. The van der Waals surface area contributed by atoms with E-state index in [2.05, 4.69) is 15.3 Å². The number of carbonyl (C=O) groups is 1. The van der Waals surface area contributed by atoms with E-state index >= 15 is 0 Å². The molecule has 2 aromatic rings. The molecule has 1 aliphatic rings. The summed E-state index contributed by atoms with van der Waals surface area (Å²) in [6, 6.07) is 6.70. The molecule has 1 aromatic carbocycles. The third kappa shape index (κ3) is 4.91. The van der Waals surface area contributed by atoms with Crippen molar-refractivity contribution < 1.29 is 13.9 Å². The number of nitrogens with one attached hydrogen (secondary N) is 1. The van der Waals surface area contributed by atoms with Crippen LogP contribution in [-0.4, -0.2) is 67.2 Å². The van der Waals surface area contributed by atoms with Gasteiger partial charge >= 0.3 is 0 Å². The van der Waals surface area contributed by atoms with Crippen LogP contribution < -0.4 is 10.2 Å². The Labute approximate surface area is 158 Å². The van der Waals surface area contributed by atoms with E-state index in [0.29, 0.717) is 50.0 Å². The first-order valence-electron chi connectivity index (χ1n) is 9.02. The van der Waals surface area contributed by atoms with Crippen molar-refractivity contribution in [3.8, 4) is 0 Å². The lowest BCUT2D eigenvalue weighted by Crippen LogP contribution is -2.49. The van der Waals surface area contributed by atoms with Crippen LogP contribution in [0.5, 0.6) is 0 Å². The van der Waals surface area contributed by atoms with Crippen LogP contribution in [0.15, 0.2) is 36.7 Å². The molecule has 3 rings (SSSR count). The molecular weight excluding hydrogens is 349 g/mol. The number of amides is 1. The predicted molar refractivity (Wildman–Crippen MR) is 102 cm³/mol. The van der Waals surface area contributed by atoms with Gasteiger partial charge in [-0.3, -0.25) is 4.79 Å². The van der Waals surface area contributed by atoms with Gasteiger partial charge in [-0.1, -0.05) is 12.1 Å². The third-order valence-corrected chi connectivity index (χ3v) is 4.46. The van der Waals surface area contributed by atoms with Crippen LogP contribution >= 0.6 is 0 Å². The fourth-order valence-electron chi connectivity index (χ4n) is 2.98. The molecule has 27 heavy (non-hydrogen) atoms. The van der Waals surface area contributed by atoms with Crippen LogP contribution in [0.3, 0.4) is 0 Å². The Balaban J connectivity index is 1.52. The van der Waals surface area contributed by atoms with E-state index in [0.717, 1.165) is 13.0 Å². The molecule has 0 radical (unpaired) electrons. The number of hydrogen-bond donors (Lipinski definition) is 1. The Morgan fingerprint density at radius 3 is 2.63 bits per heavy atom. The number of ether oxygens (including phenoxy) is 1. The van der Waals surface area contributed by atoms with Crippen LogP contribution in [0.2, 0.25) is 0 Å². The van der Waals surface area contributed by atoms with Gasteiger partial charge in [0, 0.05) is 46.4 Å². The molecule has 0 spiro atoms. The number of hydrogen-bond acceptors (Lipinski definition) is 6. The lowest BCUT2D eigenvalue weighted by Gasteiger charge is -2.36. The molecule has 2 heterocycles. The van der Waals surface area contributed by atoms with Gasteiger partial charge in [0.2, 0.25) is 0 Å². The Morgan fingerprint density at radius 2 is 1.96 bits per heavy atom. The Hall–Kier alpha value is -2.74. The summed E-state index contributed by atoms with van der Waals surface area (Å²) in [7, 11) is 1.66. The summed E-state index contributed by atoms with van der Waals surface area (Å²) < 4.78 is 18.9. The van der Waals surface area contributed by atoms with Crippen molar-refractivity contribution >= 4 is 17.4 Å². The monoisotopic (exact) mass is 373 g/mol. The smallest absolute Gasteiger partial charge is 0.274 e. The summed E-state index contributed by atoms with van der Waals surface area (Å²) in [4.78, 5) is 24.8. The number of carbonyl (C=O) groups excluding carboxylic acids is 1. The minimum Gasteiger partial charge on any atom is -0.385 e. The number of nitrogens with zero attached hydrogens (tertiary/aromatic N) is 4. The summed E-state index contributed by atoms with van der Waals surface area (Å²) in [5, 5.41) is 3.13. The zero-order valence-electron chi connectivity index (χ0n) is 15.4. The summed E-state index contributed by atoms with van der Waals surface area (Å²) >= 11 is 0. The van der Waals surface area contributed by atoms with Crippen molar-refractivity contribution in [2.24, 2.45) is 0 Å². The molecule has 1 saturated heterocycles. The van der Waals surface area contributed by atoms with E-state index in [1.807, 2.05) is 11.0 Å². The lowest BCUT2D eigenvalue weighted by atomic mass is 10.2. The molecular formula is C19H24FN5O2. The van der Waals surface area contributed by atoms with E-state index < -0.39 is 0 Å². The van der Waals surface area contributed by atoms with Crippen LogP contribution in [0.25, 0.3) is 0 Å². The van der Waals surface area contributed by atoms with Gasteiger partial charge in [0.05, 0.1) is 18.1 Å². The molecule has 0 aliphatic carbocycles. The van der Waals surface area contributed by atoms with Gasteiger partial charge in [0.1, 0.15) is 17.3 Å². The number of piperazine rings is 1. The Morgan fingerprint density at radius 1 is 1.19 bits per heavy atom. The molecule has 1 N–H and O–H groups in total. The molecule has 8 heteroatoms. The van der Waals surface area contributed by atoms with E-state index in [1.54, 1.807) is 30.3 Å². The maximum absolute atomic E-state index is 13.9. The minimum absolute atomic E-state index is 0.151. The maximum Gasteiger partial charge on any atom is 0.274 e. The molecule has 0 atom stereocenters. The number of halogens is 1. The zero-order valence-corrected chi connectivity index (χ0v) is 15.4. The van der Waals surface area contributed by atoms with Crippen LogP contribution in [-0.2, 0) is 4.74 Å². The maximum atomic E-state index is 13.9. The van der Waals surface area contributed by atoms with Gasteiger partial charge in [0.25, 0.3) is 5.91 Å². The number of anilines is 2. The highest BCUT2D eigenvalue weighted by Crippen LogP contribution is 2.20. The van der Waals surface area contributed by atoms with Crippen molar-refractivity contribution in [2.75, 3.05) is 56.7 Å². The number of benzene rings is 1. The van der Waals surface area contributed by atoms with E-state index in [4.69, 9.17) is 4.74 Å². The van der Waals surface area contributed by atoms with Crippen molar-refractivity contribution in [3.05, 3.63) is 48.2 Å². The van der Waals surface area contributed by atoms with E-state index in [-0.39, 0.29) is 11.7 Å². The van der Waals surface area contributed by atoms with Crippen LogP contribution in [0, 0.1) is 5.82 Å². The number of rotatable bonds is 7. The highest BCUT2D eigenvalue weighted by molar-refractivity contribution is 5.92. The van der Waals surface area contributed by atoms with Gasteiger partial charge < -0.3 is 19.9 Å². The standard InChI is InChI=1S/C19H24FN5O2/c1-27-12-4-7-21-18-14-22-16(13-23-18)19(26)25-10-8-24(9-11-25)17-6-3-2-5-15(17)20/h2-3,5-6,13-14H,4,7-12H2,1H3,(H,21,23). The second-order valence-electron chi connectivity index (χ2n) is 6.29. The van der Waals surface area contributed by atoms with Gasteiger partial charge in [0.15, 0.2) is 0 Å². The Bertz CT molecular complexity index is 748. The molecule has 1 aliphatic heterocycles. The summed E-state index contributed by atoms with van der Waals surface area (Å²) in [6.07, 6.45) is 3.92. The van der Waals surface area contributed by atoms with Crippen LogP contribution in [0.1, 0.15) is 16.9 Å². The average molecular weight is 373 g/mol. The first kappa shape index (κ1) is 19.0. The third-order valence-electron chi connectivity index (χ3n) is 4.46. The summed E-state index contributed by atoms with van der Waals surface area (Å²) in [5.74, 6) is 0.241. The molecule has 1 amide bonds. The average Bonchev–Trinajstić information content (AvgIpc) is 2.72. The Kier molecular flexibility index (Phi) is 6.54. The fraction of sp³-hybridized carbons (Fsp3) is 0.421. The molecule has 0 saturated carbocycles. The molecule has 144 valence electrons. The van der Waals surface area contributed by atoms with Crippen molar-refractivity contribution in [3.63, 3.8) is 0 Å². The first-order chi connectivity index (χ1) is 13.2. The number of methoxy groups -OCH3 is 1. The molecule has 0 bridgehead atoms. The molecule has 0 unspecified atom stereocenters. The number of aromatic nitrogens is 2. The van der Waals surface area contributed by atoms with Crippen molar-refractivity contribution in [1.29, 1.82) is 0 Å².